The summed E-state index contributed by atoms with van der Waals surface area (Å²) in [6, 6.07) is 16.0. The van der Waals surface area contributed by atoms with Crippen LogP contribution in [0.25, 0.3) is 6.08 Å². The third-order valence-electron chi connectivity index (χ3n) is 2.88. The predicted octanol–water partition coefficient (Wildman–Crippen LogP) is 2.17. The number of nitrogens with one attached hydrogen (secondary N) is 2. The van der Waals surface area contributed by atoms with Crippen LogP contribution < -0.4 is 15.6 Å². The van der Waals surface area contributed by atoms with E-state index in [2.05, 4.69) is 10.9 Å². The lowest BCUT2D eigenvalue weighted by Crippen LogP contribution is -2.40. The van der Waals surface area contributed by atoms with Crippen LogP contribution in [0.1, 0.15) is 15.9 Å². The molecule has 0 aliphatic carbocycles. The second kappa shape index (κ2) is 7.64. The molecule has 2 amide bonds. The zero-order chi connectivity index (χ0) is 15.8. The first kappa shape index (κ1) is 15.3. The van der Waals surface area contributed by atoms with Gasteiger partial charge < -0.3 is 4.74 Å². The minimum absolute atomic E-state index is 0.399. The number of carbonyl (C=O) groups is 2. The van der Waals surface area contributed by atoms with E-state index in [0.29, 0.717) is 11.3 Å². The molecule has 0 saturated carbocycles. The van der Waals surface area contributed by atoms with E-state index in [1.54, 1.807) is 37.5 Å². The lowest BCUT2D eigenvalue weighted by molar-refractivity contribution is -0.117. The van der Waals surface area contributed by atoms with Crippen LogP contribution in [0.5, 0.6) is 5.75 Å². The monoisotopic (exact) mass is 296 g/mol. The molecule has 0 radical (unpaired) electrons. The van der Waals surface area contributed by atoms with Crippen LogP contribution in [0.4, 0.5) is 0 Å². The molecule has 0 unspecified atom stereocenters. The maximum Gasteiger partial charge on any atom is 0.269 e. The van der Waals surface area contributed by atoms with Gasteiger partial charge in [-0.1, -0.05) is 30.3 Å². The minimum Gasteiger partial charge on any atom is -0.497 e. The highest BCUT2D eigenvalue weighted by Crippen LogP contribution is 2.10. The summed E-state index contributed by atoms with van der Waals surface area (Å²) in [4.78, 5) is 23.5. The second-order valence-corrected chi connectivity index (χ2v) is 4.42. The van der Waals surface area contributed by atoms with Gasteiger partial charge in [0.2, 0.25) is 0 Å². The molecule has 2 rings (SSSR count). The van der Waals surface area contributed by atoms with E-state index in [0.717, 1.165) is 5.56 Å². The molecule has 0 heterocycles. The van der Waals surface area contributed by atoms with Crippen molar-refractivity contribution >= 4 is 17.9 Å². The first-order valence-corrected chi connectivity index (χ1v) is 6.66. The van der Waals surface area contributed by atoms with Crippen LogP contribution in [0.3, 0.4) is 0 Å². The van der Waals surface area contributed by atoms with Gasteiger partial charge in [0, 0.05) is 11.6 Å². The topological polar surface area (TPSA) is 67.4 Å². The van der Waals surface area contributed by atoms with Crippen LogP contribution in [-0.4, -0.2) is 18.9 Å². The number of ether oxygens (including phenoxy) is 1. The first-order chi connectivity index (χ1) is 10.7. The van der Waals surface area contributed by atoms with Crippen molar-refractivity contribution in [2.45, 2.75) is 0 Å². The Hall–Kier alpha value is -3.08. The van der Waals surface area contributed by atoms with Gasteiger partial charge in [-0.05, 0) is 35.9 Å². The summed E-state index contributed by atoms with van der Waals surface area (Å²) < 4.78 is 5.01. The van der Waals surface area contributed by atoms with Crippen molar-refractivity contribution in [3.8, 4) is 5.75 Å². The third kappa shape index (κ3) is 4.49. The van der Waals surface area contributed by atoms with Crippen LogP contribution in [0, 0.1) is 0 Å². The molecule has 0 bridgehead atoms. The highest BCUT2D eigenvalue weighted by molar-refractivity contribution is 5.97. The molecular formula is C17H16N2O3. The Morgan fingerprint density at radius 3 is 2.27 bits per heavy atom. The highest BCUT2D eigenvalue weighted by Gasteiger charge is 2.05. The van der Waals surface area contributed by atoms with Gasteiger partial charge in [0.05, 0.1) is 7.11 Å². The Balaban J connectivity index is 1.85. The lowest BCUT2D eigenvalue weighted by atomic mass is 10.2. The van der Waals surface area contributed by atoms with E-state index in [1.807, 2.05) is 30.3 Å². The van der Waals surface area contributed by atoms with Crippen molar-refractivity contribution in [3.63, 3.8) is 0 Å². The zero-order valence-electron chi connectivity index (χ0n) is 12.1. The molecule has 22 heavy (non-hydrogen) atoms. The van der Waals surface area contributed by atoms with E-state index in [-0.39, 0.29) is 0 Å². The summed E-state index contributed by atoms with van der Waals surface area (Å²) in [6.45, 7) is 0. The lowest BCUT2D eigenvalue weighted by Gasteiger charge is -2.06. The molecule has 2 aromatic carbocycles. The number of rotatable bonds is 4. The smallest absolute Gasteiger partial charge is 0.269 e. The number of hydrogen-bond acceptors (Lipinski definition) is 3. The molecule has 0 fully saturated rings. The van der Waals surface area contributed by atoms with Gasteiger partial charge in [0.1, 0.15) is 5.75 Å². The van der Waals surface area contributed by atoms with Crippen molar-refractivity contribution in [2.75, 3.05) is 7.11 Å². The van der Waals surface area contributed by atoms with Gasteiger partial charge in [-0.25, -0.2) is 0 Å². The molecule has 0 saturated heterocycles. The van der Waals surface area contributed by atoms with Gasteiger partial charge >= 0.3 is 0 Å². The Morgan fingerprint density at radius 2 is 1.64 bits per heavy atom. The number of amides is 2. The predicted molar refractivity (Wildman–Crippen MR) is 84.1 cm³/mol. The van der Waals surface area contributed by atoms with Gasteiger partial charge in [-0.15, -0.1) is 0 Å². The van der Waals surface area contributed by atoms with Crippen LogP contribution in [0.15, 0.2) is 60.7 Å². The van der Waals surface area contributed by atoms with Crippen LogP contribution >= 0.6 is 0 Å². The molecule has 112 valence electrons. The molecule has 0 aliphatic heterocycles. The van der Waals surface area contributed by atoms with Gasteiger partial charge in [-0.2, -0.15) is 0 Å². The largest absolute Gasteiger partial charge is 0.497 e. The van der Waals surface area contributed by atoms with Gasteiger partial charge in [-0.3, -0.25) is 20.4 Å². The normalized spacial score (nSPS) is 10.2. The summed E-state index contributed by atoms with van der Waals surface area (Å²) in [7, 11) is 1.55. The molecule has 0 aliphatic rings. The van der Waals surface area contributed by atoms with Crippen LogP contribution in [-0.2, 0) is 4.79 Å². The number of hydrazine groups is 1. The van der Waals surface area contributed by atoms with Gasteiger partial charge in [0.25, 0.3) is 11.8 Å². The summed E-state index contributed by atoms with van der Waals surface area (Å²) >= 11 is 0. The summed E-state index contributed by atoms with van der Waals surface area (Å²) in [5, 5.41) is 0. The van der Waals surface area contributed by atoms with Crippen molar-refractivity contribution < 1.29 is 14.3 Å². The summed E-state index contributed by atoms with van der Waals surface area (Å²) in [5.74, 6) is -0.152. The molecule has 0 atom stereocenters. The Kier molecular flexibility index (Phi) is 5.31. The Morgan fingerprint density at radius 1 is 0.955 bits per heavy atom. The minimum atomic E-state index is -0.411. The summed E-state index contributed by atoms with van der Waals surface area (Å²) in [5.41, 5.74) is 5.99. The molecular weight excluding hydrogens is 280 g/mol. The molecule has 2 aromatic rings. The van der Waals surface area contributed by atoms with E-state index in [1.165, 1.54) is 6.08 Å². The number of methoxy groups -OCH3 is 1. The van der Waals surface area contributed by atoms with E-state index < -0.39 is 11.8 Å². The highest BCUT2D eigenvalue weighted by atomic mass is 16.5. The molecule has 0 aromatic heterocycles. The quantitative estimate of drug-likeness (QED) is 0.671. The molecule has 2 N–H and O–H groups in total. The van der Waals surface area contributed by atoms with Crippen molar-refractivity contribution in [1.29, 1.82) is 0 Å². The molecule has 5 nitrogen and oxygen atoms in total. The maximum atomic E-state index is 11.8. The third-order valence-corrected chi connectivity index (χ3v) is 2.88. The maximum absolute atomic E-state index is 11.8. The van der Waals surface area contributed by atoms with Crippen molar-refractivity contribution in [3.05, 3.63) is 71.8 Å². The van der Waals surface area contributed by atoms with Gasteiger partial charge in [0.15, 0.2) is 0 Å². The van der Waals surface area contributed by atoms with E-state index in [9.17, 15) is 9.59 Å². The van der Waals surface area contributed by atoms with Crippen LogP contribution in [0.2, 0.25) is 0 Å². The second-order valence-electron chi connectivity index (χ2n) is 4.42. The number of benzene rings is 2. The van der Waals surface area contributed by atoms with E-state index in [4.69, 9.17) is 4.74 Å². The fourth-order valence-corrected chi connectivity index (χ4v) is 1.71. The number of carbonyl (C=O) groups excluding carboxylic acids is 2. The fraction of sp³-hybridized carbons (Fsp3) is 0.0588. The number of hydrogen-bond donors (Lipinski definition) is 2. The molecule has 0 spiro atoms. The summed E-state index contributed by atoms with van der Waals surface area (Å²) in [6.07, 6.45) is 3.01. The Labute approximate surface area is 128 Å². The zero-order valence-corrected chi connectivity index (χ0v) is 12.1. The molecule has 5 heteroatoms. The van der Waals surface area contributed by atoms with Crippen molar-refractivity contribution in [2.24, 2.45) is 0 Å². The Bertz CT molecular complexity index is 664. The standard InChI is InChI=1S/C17H16N2O3/c1-22-15-10-8-14(9-11-15)17(21)19-18-16(20)12-7-13-5-3-2-4-6-13/h2-12H,1H3,(H,18,20)(H,19,21). The van der Waals surface area contributed by atoms with Crippen molar-refractivity contribution in [1.82, 2.24) is 10.9 Å². The average molecular weight is 296 g/mol. The van der Waals surface area contributed by atoms with E-state index >= 15 is 0 Å². The first-order valence-electron chi connectivity index (χ1n) is 6.66. The fourth-order valence-electron chi connectivity index (χ4n) is 1.71. The average Bonchev–Trinajstić information content (AvgIpc) is 2.58. The SMILES string of the molecule is COc1ccc(C(=O)NNC(=O)C=Cc2ccccc2)cc1.